The molecule has 0 aliphatic carbocycles. The molecule has 3 rings (SSSR count). The second-order valence-corrected chi connectivity index (χ2v) is 8.24. The zero-order chi connectivity index (χ0) is 20.1. The SMILES string of the molecule is Cc1ccc(Cl)c(NC(=O)CN(C)Cc2ccccc2N2CCCCC2)c1Cl. The van der Waals surface area contributed by atoms with Gasteiger partial charge in [-0.25, -0.2) is 0 Å². The number of halogens is 2. The number of carbonyl (C=O) groups is 1. The van der Waals surface area contributed by atoms with E-state index in [-0.39, 0.29) is 12.5 Å². The monoisotopic (exact) mass is 419 g/mol. The number of para-hydroxylation sites is 1. The van der Waals surface area contributed by atoms with Crippen LogP contribution >= 0.6 is 23.2 Å². The predicted molar refractivity (Wildman–Crippen MR) is 119 cm³/mol. The summed E-state index contributed by atoms with van der Waals surface area (Å²) in [6.07, 6.45) is 3.79. The van der Waals surface area contributed by atoms with E-state index in [4.69, 9.17) is 23.2 Å². The zero-order valence-corrected chi connectivity index (χ0v) is 18.0. The summed E-state index contributed by atoms with van der Waals surface area (Å²) in [5, 5.41) is 3.79. The first-order valence-corrected chi connectivity index (χ1v) is 10.5. The molecule has 0 bridgehead atoms. The fraction of sp³-hybridized carbons (Fsp3) is 0.409. The average Bonchev–Trinajstić information content (AvgIpc) is 2.69. The zero-order valence-electron chi connectivity index (χ0n) is 16.5. The van der Waals surface area contributed by atoms with Crippen LogP contribution in [0.5, 0.6) is 0 Å². The Morgan fingerprint density at radius 3 is 2.57 bits per heavy atom. The van der Waals surface area contributed by atoms with Crippen LogP contribution in [-0.2, 0) is 11.3 Å². The van der Waals surface area contributed by atoms with E-state index < -0.39 is 0 Å². The van der Waals surface area contributed by atoms with Crippen molar-refractivity contribution in [2.75, 3.05) is 36.9 Å². The van der Waals surface area contributed by atoms with Crippen LogP contribution < -0.4 is 10.2 Å². The first-order valence-electron chi connectivity index (χ1n) is 9.71. The normalized spacial score (nSPS) is 14.4. The van der Waals surface area contributed by atoms with Crippen LogP contribution in [0.4, 0.5) is 11.4 Å². The largest absolute Gasteiger partial charge is 0.371 e. The second kappa shape index (κ2) is 9.64. The molecule has 2 aromatic rings. The molecule has 6 heteroatoms. The van der Waals surface area contributed by atoms with Crippen LogP contribution in [0.25, 0.3) is 0 Å². The number of likely N-dealkylation sites (N-methyl/N-ethyl adjacent to an activating group) is 1. The van der Waals surface area contributed by atoms with Crippen molar-refractivity contribution in [2.45, 2.75) is 32.7 Å². The molecule has 1 amide bonds. The van der Waals surface area contributed by atoms with Gasteiger partial charge in [0, 0.05) is 25.3 Å². The number of amides is 1. The molecule has 2 aromatic carbocycles. The minimum absolute atomic E-state index is 0.132. The average molecular weight is 420 g/mol. The number of benzene rings is 2. The molecule has 0 atom stereocenters. The highest BCUT2D eigenvalue weighted by atomic mass is 35.5. The van der Waals surface area contributed by atoms with Crippen molar-refractivity contribution in [3.63, 3.8) is 0 Å². The Balaban J connectivity index is 1.64. The Hall–Kier alpha value is -1.75. The highest BCUT2D eigenvalue weighted by Crippen LogP contribution is 2.33. The Morgan fingerprint density at radius 1 is 1.11 bits per heavy atom. The number of nitrogens with zero attached hydrogens (tertiary/aromatic N) is 2. The fourth-order valence-corrected chi connectivity index (χ4v) is 4.10. The van der Waals surface area contributed by atoms with E-state index >= 15 is 0 Å². The maximum atomic E-state index is 12.5. The molecule has 0 spiro atoms. The van der Waals surface area contributed by atoms with Gasteiger partial charge >= 0.3 is 0 Å². The minimum atomic E-state index is -0.132. The lowest BCUT2D eigenvalue weighted by Crippen LogP contribution is -2.33. The molecule has 1 heterocycles. The molecular weight excluding hydrogens is 393 g/mol. The van der Waals surface area contributed by atoms with E-state index in [2.05, 4.69) is 34.5 Å². The van der Waals surface area contributed by atoms with Crippen molar-refractivity contribution in [3.05, 3.63) is 57.6 Å². The van der Waals surface area contributed by atoms with Gasteiger partial charge in [0.05, 0.1) is 22.3 Å². The number of aryl methyl sites for hydroxylation is 1. The van der Waals surface area contributed by atoms with Gasteiger partial charge in [0.1, 0.15) is 0 Å². The topological polar surface area (TPSA) is 35.6 Å². The number of hydrogen-bond donors (Lipinski definition) is 1. The molecule has 0 aromatic heterocycles. The number of piperidine rings is 1. The number of carbonyl (C=O) groups excluding carboxylic acids is 1. The van der Waals surface area contributed by atoms with E-state index in [9.17, 15) is 4.79 Å². The van der Waals surface area contributed by atoms with Crippen molar-refractivity contribution in [2.24, 2.45) is 0 Å². The molecule has 150 valence electrons. The predicted octanol–water partition coefficient (Wildman–Crippen LogP) is 5.36. The van der Waals surface area contributed by atoms with Crippen LogP contribution in [0.1, 0.15) is 30.4 Å². The molecule has 1 aliphatic rings. The van der Waals surface area contributed by atoms with Gasteiger partial charge in [-0.05, 0) is 56.5 Å². The summed E-state index contributed by atoms with van der Waals surface area (Å²) >= 11 is 12.5. The van der Waals surface area contributed by atoms with E-state index in [1.165, 1.54) is 30.5 Å². The van der Waals surface area contributed by atoms with Gasteiger partial charge in [0.2, 0.25) is 5.91 Å². The van der Waals surface area contributed by atoms with Gasteiger partial charge in [-0.15, -0.1) is 0 Å². The number of nitrogens with one attached hydrogen (secondary N) is 1. The van der Waals surface area contributed by atoms with Crippen LogP contribution in [0.3, 0.4) is 0 Å². The van der Waals surface area contributed by atoms with Gasteiger partial charge in [0.25, 0.3) is 0 Å². The minimum Gasteiger partial charge on any atom is -0.371 e. The summed E-state index contributed by atoms with van der Waals surface area (Å²) in [7, 11) is 1.95. The van der Waals surface area contributed by atoms with Crippen molar-refractivity contribution in [1.82, 2.24) is 4.90 Å². The van der Waals surface area contributed by atoms with Crippen LogP contribution in [0.15, 0.2) is 36.4 Å². The maximum Gasteiger partial charge on any atom is 0.238 e. The lowest BCUT2D eigenvalue weighted by Gasteiger charge is -2.31. The third-order valence-corrected chi connectivity index (χ3v) is 5.89. The second-order valence-electron chi connectivity index (χ2n) is 7.45. The molecule has 1 N–H and O–H groups in total. The number of rotatable bonds is 6. The van der Waals surface area contributed by atoms with Gasteiger partial charge in [-0.2, -0.15) is 0 Å². The summed E-state index contributed by atoms with van der Waals surface area (Å²) in [5.74, 6) is -0.132. The van der Waals surface area contributed by atoms with Gasteiger partial charge in [0.15, 0.2) is 0 Å². The lowest BCUT2D eigenvalue weighted by molar-refractivity contribution is -0.117. The van der Waals surface area contributed by atoms with E-state index in [1.807, 2.05) is 24.9 Å². The standard InChI is InChI=1S/C22H27Cl2N3O/c1-16-10-11-18(23)22(21(16)24)25-20(28)15-26(2)14-17-8-4-5-9-19(17)27-12-6-3-7-13-27/h4-5,8-11H,3,6-7,12-15H2,1-2H3,(H,25,28). The molecule has 0 radical (unpaired) electrons. The highest BCUT2D eigenvalue weighted by Gasteiger charge is 2.17. The molecular formula is C22H27Cl2N3O. The van der Waals surface area contributed by atoms with Crippen LogP contribution in [-0.4, -0.2) is 37.5 Å². The Bertz CT molecular complexity index is 835. The number of anilines is 2. The summed E-state index contributed by atoms with van der Waals surface area (Å²) < 4.78 is 0. The first kappa shape index (κ1) is 21.0. The quantitative estimate of drug-likeness (QED) is 0.683. The smallest absolute Gasteiger partial charge is 0.238 e. The van der Waals surface area contributed by atoms with Gasteiger partial charge in [-0.3, -0.25) is 9.69 Å². The summed E-state index contributed by atoms with van der Waals surface area (Å²) in [6, 6.07) is 12.1. The van der Waals surface area contributed by atoms with Crippen molar-refractivity contribution in [3.8, 4) is 0 Å². The molecule has 4 nitrogen and oxygen atoms in total. The van der Waals surface area contributed by atoms with Gasteiger partial charge in [-0.1, -0.05) is 47.5 Å². The van der Waals surface area contributed by atoms with E-state index in [0.29, 0.717) is 22.3 Å². The molecule has 0 unspecified atom stereocenters. The molecule has 0 saturated carbocycles. The number of hydrogen-bond acceptors (Lipinski definition) is 3. The molecule has 1 aliphatic heterocycles. The van der Waals surface area contributed by atoms with Crippen molar-refractivity contribution in [1.29, 1.82) is 0 Å². The molecule has 1 saturated heterocycles. The highest BCUT2D eigenvalue weighted by molar-refractivity contribution is 6.40. The molecule has 1 fully saturated rings. The lowest BCUT2D eigenvalue weighted by atomic mass is 10.1. The van der Waals surface area contributed by atoms with Crippen molar-refractivity contribution < 1.29 is 4.79 Å². The third-order valence-electron chi connectivity index (χ3n) is 5.09. The van der Waals surface area contributed by atoms with E-state index in [0.717, 1.165) is 18.7 Å². The van der Waals surface area contributed by atoms with E-state index in [1.54, 1.807) is 6.07 Å². The third kappa shape index (κ3) is 5.19. The van der Waals surface area contributed by atoms with Crippen LogP contribution in [0, 0.1) is 6.92 Å². The summed E-state index contributed by atoms with van der Waals surface area (Å²) in [4.78, 5) is 17.0. The Kier molecular flexibility index (Phi) is 7.22. The summed E-state index contributed by atoms with van der Waals surface area (Å²) in [5.41, 5.74) is 3.88. The van der Waals surface area contributed by atoms with Crippen LogP contribution in [0.2, 0.25) is 10.0 Å². The fourth-order valence-electron chi connectivity index (χ4n) is 3.63. The Labute approximate surface area is 177 Å². The maximum absolute atomic E-state index is 12.5. The molecule has 28 heavy (non-hydrogen) atoms. The Morgan fingerprint density at radius 2 is 1.82 bits per heavy atom. The van der Waals surface area contributed by atoms with Gasteiger partial charge < -0.3 is 10.2 Å². The van der Waals surface area contributed by atoms with Crippen molar-refractivity contribution >= 4 is 40.5 Å². The summed E-state index contributed by atoms with van der Waals surface area (Å²) in [6.45, 7) is 5.05. The first-order chi connectivity index (χ1) is 13.5.